The first-order valence-corrected chi connectivity index (χ1v) is 27.5. The number of hydrogen-bond donors (Lipinski definition) is 0. The average Bonchev–Trinajstić information content (AvgIpc) is 3.76. The summed E-state index contributed by atoms with van der Waals surface area (Å²) >= 11 is 0. The van der Waals surface area contributed by atoms with Crippen LogP contribution in [0.1, 0.15) is 94.1 Å². The van der Waals surface area contributed by atoms with E-state index in [1.54, 1.807) is 12.1 Å². The van der Waals surface area contributed by atoms with Gasteiger partial charge in [0.25, 0.3) is 0 Å². The summed E-state index contributed by atoms with van der Waals surface area (Å²) in [7, 11) is -1.41. The Morgan fingerprint density at radius 2 is 1.39 bits per heavy atom. The Kier molecular flexibility index (Phi) is 11.9. The zero-order valence-corrected chi connectivity index (χ0v) is 44.6. The van der Waals surface area contributed by atoms with Gasteiger partial charge in [0.15, 0.2) is 0 Å². The molecule has 0 aliphatic heterocycles. The van der Waals surface area contributed by atoms with Crippen LogP contribution in [0.4, 0.5) is 13.2 Å². The van der Waals surface area contributed by atoms with E-state index in [9.17, 15) is 14.5 Å². The van der Waals surface area contributed by atoms with Crippen molar-refractivity contribution in [2.75, 3.05) is 0 Å². The van der Waals surface area contributed by atoms with Crippen LogP contribution < -0.4 is 5.19 Å². The van der Waals surface area contributed by atoms with Crippen LogP contribution in [0.5, 0.6) is 0 Å². The Labute approximate surface area is 435 Å². The maximum absolute atomic E-state index is 12.5. The maximum atomic E-state index is 12.5. The van der Waals surface area contributed by atoms with E-state index in [1.165, 1.54) is 43.6 Å². The van der Waals surface area contributed by atoms with Crippen molar-refractivity contribution in [1.82, 2.24) is 15.0 Å². The largest absolute Gasteiger partial charge is 0.486 e. The van der Waals surface area contributed by atoms with Gasteiger partial charge in [-0.25, -0.2) is 4.98 Å². The van der Waals surface area contributed by atoms with Crippen molar-refractivity contribution in [2.45, 2.75) is 104 Å². The number of nitrogens with zero attached hydrogens (tertiary/aromatic N) is 3. The van der Waals surface area contributed by atoms with Crippen LogP contribution in [0.2, 0.25) is 19.6 Å². The van der Waals surface area contributed by atoms with E-state index in [2.05, 4.69) is 143 Å². The maximum Gasteiger partial charge on any atom is 0.381 e. The summed E-state index contributed by atoms with van der Waals surface area (Å²) < 4.78 is 76.8. The fraction of sp³-hybridized carbons (Fsp3) is 0.274. The van der Waals surface area contributed by atoms with Gasteiger partial charge in [-0.05, 0) is 144 Å². The molecule has 0 spiro atoms. The molecule has 1 aliphatic carbocycles. The minimum absolute atomic E-state index is 0. The van der Waals surface area contributed by atoms with Crippen molar-refractivity contribution in [3.05, 3.63) is 168 Å². The summed E-state index contributed by atoms with van der Waals surface area (Å²) in [5.74, 6) is -0.562. The molecule has 11 rings (SSSR count). The van der Waals surface area contributed by atoms with Crippen LogP contribution in [0.15, 0.2) is 138 Å². The van der Waals surface area contributed by atoms with Crippen molar-refractivity contribution in [2.24, 2.45) is 5.41 Å². The molecule has 4 aromatic heterocycles. The van der Waals surface area contributed by atoms with Gasteiger partial charge in [-0.2, -0.15) is 13.2 Å². The van der Waals surface area contributed by atoms with Gasteiger partial charge in [-0.15, -0.1) is 48.0 Å². The van der Waals surface area contributed by atoms with E-state index < -0.39 is 32.6 Å². The average molecular weight is 1140 g/mol. The van der Waals surface area contributed by atoms with Crippen LogP contribution in [0, 0.1) is 24.4 Å². The molecule has 0 unspecified atom stereocenters. The minimum atomic E-state index is -4.33. The minimum Gasteiger partial charge on any atom is -0.486 e. The van der Waals surface area contributed by atoms with Crippen molar-refractivity contribution >= 4 is 67.6 Å². The van der Waals surface area contributed by atoms with Gasteiger partial charge >= 0.3 is 6.18 Å². The standard InChI is InChI=1S/C47H43N2O.C15H15F3NSi.Ir/c1-28-14-17-37-36-12-9-13-38(44(36)50-45(37)49-28)43-26-39(42(27-48-43)46(2,3)4)31-16-19-35-34-18-15-30(29-20-22-47(5,6)23-21-29)24-40(34)32-10-7-8-11-33(32)41(35)25-31;1-20(2,3)13-8-9-14(19-10-13)11-4-6-12(7-5-11)15(16,17)18;/h7-12,14-19,24-27,29H,20-23H2,1-6H3;4,6-10H,1-3H3;/q2*-1;/i1D3,29D;;. The summed E-state index contributed by atoms with van der Waals surface area (Å²) in [5.41, 5.74) is 7.31. The van der Waals surface area contributed by atoms with Crippen molar-refractivity contribution in [3.63, 3.8) is 0 Å². The van der Waals surface area contributed by atoms with Crippen LogP contribution in [0.25, 0.3) is 88.0 Å². The van der Waals surface area contributed by atoms with E-state index in [0.717, 1.165) is 70.8 Å². The zero-order valence-electron chi connectivity index (χ0n) is 45.2. The third-order valence-corrected chi connectivity index (χ3v) is 16.1. The number of furan rings is 1. The molecule has 1 aliphatic rings. The number of rotatable bonds is 5. The molecule has 0 bridgehead atoms. The fourth-order valence-corrected chi connectivity index (χ4v) is 10.9. The number of hydrogen-bond acceptors (Lipinski definition) is 4. The van der Waals surface area contributed by atoms with Gasteiger partial charge in [0, 0.05) is 49.1 Å². The van der Waals surface area contributed by atoms with Gasteiger partial charge in [0.05, 0.1) is 13.7 Å². The number of aromatic nitrogens is 3. The molecular weight excluding hydrogens is 1080 g/mol. The molecule has 6 aromatic carbocycles. The second-order valence-electron chi connectivity index (χ2n) is 21.6. The van der Waals surface area contributed by atoms with E-state index in [4.69, 9.17) is 13.5 Å². The SMILES string of the molecule is C[Si](C)(C)c1ccc(-c2[c-]cc(C(F)(F)F)cc2)nc1.[2H]C([2H])([2H])c1ccc2c(n1)oc1c(-c3cc(-c4ccc5c6ccc(C7([2H])CCC(C)(C)CC7)cc6c6ccccc6c5c4)c(C(C)(C)C)cn3)[c-]ccc12.[Ir]. The van der Waals surface area contributed by atoms with E-state index in [0.29, 0.717) is 33.5 Å². The molecule has 0 N–H and O–H groups in total. The van der Waals surface area contributed by atoms with Gasteiger partial charge < -0.3 is 14.4 Å². The molecule has 9 heteroatoms. The van der Waals surface area contributed by atoms with Gasteiger partial charge in [0.2, 0.25) is 5.71 Å². The number of pyridine rings is 3. The molecule has 4 heterocycles. The topological polar surface area (TPSA) is 51.8 Å². The first kappa shape index (κ1) is 44.9. The van der Waals surface area contributed by atoms with Crippen LogP contribution in [0.3, 0.4) is 0 Å². The van der Waals surface area contributed by atoms with Crippen LogP contribution >= 0.6 is 0 Å². The first-order valence-electron chi connectivity index (χ1n) is 26.0. The fourth-order valence-electron chi connectivity index (χ4n) is 9.86. The number of benzene rings is 6. The molecule has 10 aromatic rings. The number of halogens is 3. The number of alkyl halides is 3. The summed E-state index contributed by atoms with van der Waals surface area (Å²) in [6.45, 7) is 15.6. The van der Waals surface area contributed by atoms with Crippen LogP contribution in [-0.4, -0.2) is 23.0 Å². The molecule has 71 heavy (non-hydrogen) atoms. The Morgan fingerprint density at radius 1 is 0.718 bits per heavy atom. The number of aryl methyl sites for hydroxylation is 1. The molecular formula is C62H58F3IrN3OSi-2. The molecule has 4 nitrogen and oxygen atoms in total. The van der Waals surface area contributed by atoms with Crippen molar-refractivity contribution in [1.29, 1.82) is 0 Å². The normalized spacial score (nSPS) is 15.9. The van der Waals surface area contributed by atoms with Crippen molar-refractivity contribution < 1.29 is 43.2 Å². The van der Waals surface area contributed by atoms with E-state index >= 15 is 0 Å². The summed E-state index contributed by atoms with van der Waals surface area (Å²) in [6.07, 6.45) is 3.36. The Hall–Kier alpha value is -5.99. The molecule has 0 atom stereocenters. The molecule has 363 valence electrons. The van der Waals surface area contributed by atoms with Crippen LogP contribution in [-0.2, 0) is 31.7 Å². The Morgan fingerprint density at radius 3 is 2.03 bits per heavy atom. The second-order valence-corrected chi connectivity index (χ2v) is 26.7. The third kappa shape index (κ3) is 9.98. The monoisotopic (exact) mass is 1140 g/mol. The molecule has 1 fully saturated rings. The van der Waals surface area contributed by atoms with E-state index in [-0.39, 0.29) is 36.9 Å². The number of fused-ring (bicyclic) bond motifs is 9. The third-order valence-electron chi connectivity index (χ3n) is 14.1. The van der Waals surface area contributed by atoms with Crippen molar-refractivity contribution in [3.8, 4) is 33.6 Å². The smallest absolute Gasteiger partial charge is 0.381 e. The molecule has 0 amide bonds. The van der Waals surface area contributed by atoms with Gasteiger partial charge in [-0.1, -0.05) is 138 Å². The summed E-state index contributed by atoms with van der Waals surface area (Å²) in [6, 6.07) is 44.7. The zero-order chi connectivity index (χ0) is 52.8. The predicted molar refractivity (Wildman–Crippen MR) is 286 cm³/mol. The first-order chi connectivity index (χ1) is 34.8. The second kappa shape index (κ2) is 18.9. The Balaban J connectivity index is 0.000000277. The van der Waals surface area contributed by atoms with Gasteiger partial charge in [-0.3, -0.25) is 0 Å². The molecule has 1 radical (unpaired) electrons. The van der Waals surface area contributed by atoms with Gasteiger partial charge in [0.1, 0.15) is 0 Å². The summed E-state index contributed by atoms with van der Waals surface area (Å²) in [5, 5.41) is 9.98. The summed E-state index contributed by atoms with van der Waals surface area (Å²) in [4.78, 5) is 13.7. The Bertz CT molecular complexity index is 3700. The van der Waals surface area contributed by atoms with E-state index in [1.807, 2.05) is 36.7 Å². The quantitative estimate of drug-likeness (QED) is 0.0979. The molecule has 0 saturated heterocycles. The predicted octanol–water partition coefficient (Wildman–Crippen LogP) is 17.4. The molecule has 1 saturated carbocycles.